The fraction of sp³-hybridized carbons (Fsp3) is 0.636. The highest BCUT2D eigenvalue weighted by Gasteiger charge is 2.25. The largest absolute Gasteiger partial charge is 0.364 e. The first-order valence-corrected chi connectivity index (χ1v) is 6.69. The highest BCUT2D eigenvalue weighted by atomic mass is 79.9. The Hall–Kier alpha value is -0.350. The van der Waals surface area contributed by atoms with Gasteiger partial charge in [0.2, 0.25) is 0 Å². The van der Waals surface area contributed by atoms with Crippen molar-refractivity contribution in [1.82, 2.24) is 9.97 Å². The second kappa shape index (κ2) is 5.82. The Morgan fingerprint density at radius 2 is 1.81 bits per heavy atom. The van der Waals surface area contributed by atoms with Crippen molar-refractivity contribution < 1.29 is 0 Å². The van der Waals surface area contributed by atoms with E-state index in [1.807, 2.05) is 0 Å². The molecule has 0 aliphatic rings. The number of anilines is 1. The molecule has 0 aliphatic heterocycles. The highest BCUT2D eigenvalue weighted by molar-refractivity contribution is 9.10. The first kappa shape index (κ1) is 13.7. The lowest BCUT2D eigenvalue weighted by molar-refractivity contribution is 0.418. The van der Waals surface area contributed by atoms with E-state index in [1.165, 1.54) is 6.33 Å². The van der Waals surface area contributed by atoms with Crippen molar-refractivity contribution in [2.45, 2.75) is 45.6 Å². The zero-order valence-electron chi connectivity index (χ0n) is 9.85. The maximum Gasteiger partial charge on any atom is 0.148 e. The summed E-state index contributed by atoms with van der Waals surface area (Å²) in [7, 11) is 0. The molecule has 1 aromatic rings. The van der Waals surface area contributed by atoms with Crippen molar-refractivity contribution in [2.24, 2.45) is 0 Å². The van der Waals surface area contributed by atoms with E-state index in [-0.39, 0.29) is 5.54 Å². The van der Waals surface area contributed by atoms with E-state index in [1.54, 1.807) is 0 Å². The summed E-state index contributed by atoms with van der Waals surface area (Å²) in [5, 5.41) is 3.91. The molecular weight excluding hydrogens is 289 g/mol. The molecule has 3 nitrogen and oxygen atoms in total. The summed E-state index contributed by atoms with van der Waals surface area (Å²) in [6.07, 6.45) is 4.62. The van der Waals surface area contributed by atoms with Gasteiger partial charge in [0.05, 0.1) is 4.47 Å². The van der Waals surface area contributed by atoms with Gasteiger partial charge in [-0.1, -0.05) is 32.4 Å². The van der Waals surface area contributed by atoms with Crippen molar-refractivity contribution in [3.05, 3.63) is 16.0 Å². The van der Waals surface area contributed by atoms with Gasteiger partial charge in [0.25, 0.3) is 0 Å². The first-order chi connectivity index (χ1) is 7.58. The molecule has 1 rings (SSSR count). The van der Waals surface area contributed by atoms with Crippen molar-refractivity contribution >= 4 is 33.3 Å². The van der Waals surface area contributed by atoms with Gasteiger partial charge < -0.3 is 5.32 Å². The zero-order valence-corrected chi connectivity index (χ0v) is 12.2. The molecule has 90 valence electrons. The third-order valence-electron chi connectivity index (χ3n) is 3.16. The van der Waals surface area contributed by atoms with Gasteiger partial charge in [-0.05, 0) is 35.2 Å². The monoisotopic (exact) mass is 305 g/mol. The van der Waals surface area contributed by atoms with Crippen LogP contribution in [0, 0.1) is 0 Å². The minimum atomic E-state index is 0.0835. The van der Waals surface area contributed by atoms with Crippen molar-refractivity contribution in [2.75, 3.05) is 5.32 Å². The molecule has 0 aromatic carbocycles. The molecule has 0 fully saturated rings. The SMILES string of the molecule is CCC(CC)(CC)Nc1ncnc(Cl)c1Br. The molecule has 1 aromatic heterocycles. The van der Waals surface area contributed by atoms with E-state index < -0.39 is 0 Å². The van der Waals surface area contributed by atoms with Crippen LogP contribution in [-0.2, 0) is 0 Å². The van der Waals surface area contributed by atoms with E-state index in [2.05, 4.69) is 52.0 Å². The van der Waals surface area contributed by atoms with Gasteiger partial charge in [0.15, 0.2) is 0 Å². The predicted octanol–water partition coefficient (Wildman–Crippen LogP) is 4.27. The van der Waals surface area contributed by atoms with Gasteiger partial charge in [0, 0.05) is 5.54 Å². The molecule has 1 heterocycles. The van der Waals surface area contributed by atoms with E-state index in [4.69, 9.17) is 11.6 Å². The molecule has 0 atom stereocenters. The molecule has 0 aliphatic carbocycles. The molecule has 0 spiro atoms. The maximum atomic E-state index is 5.93. The number of rotatable bonds is 5. The lowest BCUT2D eigenvalue weighted by Gasteiger charge is -2.32. The van der Waals surface area contributed by atoms with Crippen LogP contribution in [0.3, 0.4) is 0 Å². The van der Waals surface area contributed by atoms with Crippen LogP contribution >= 0.6 is 27.5 Å². The Labute approximate surface area is 110 Å². The van der Waals surface area contributed by atoms with E-state index in [0.29, 0.717) is 5.15 Å². The molecule has 0 unspecified atom stereocenters. The minimum absolute atomic E-state index is 0.0835. The van der Waals surface area contributed by atoms with Crippen LogP contribution in [0.1, 0.15) is 40.0 Å². The third-order valence-corrected chi connectivity index (χ3v) is 4.43. The fourth-order valence-corrected chi connectivity index (χ4v) is 2.14. The molecule has 0 saturated carbocycles. The summed E-state index contributed by atoms with van der Waals surface area (Å²) < 4.78 is 0.733. The first-order valence-electron chi connectivity index (χ1n) is 5.52. The van der Waals surface area contributed by atoms with Gasteiger partial charge in [-0.3, -0.25) is 0 Å². The molecule has 5 heteroatoms. The van der Waals surface area contributed by atoms with Crippen molar-refractivity contribution in [1.29, 1.82) is 0 Å². The number of hydrogen-bond donors (Lipinski definition) is 1. The Morgan fingerprint density at radius 3 is 2.31 bits per heavy atom. The average Bonchev–Trinajstić information content (AvgIpc) is 2.32. The van der Waals surface area contributed by atoms with Gasteiger partial charge in [-0.2, -0.15) is 0 Å². The van der Waals surface area contributed by atoms with E-state index >= 15 is 0 Å². The van der Waals surface area contributed by atoms with Crippen LogP contribution in [0.25, 0.3) is 0 Å². The van der Waals surface area contributed by atoms with E-state index in [9.17, 15) is 0 Å². The summed E-state index contributed by atoms with van der Waals surface area (Å²) in [6.45, 7) is 6.53. The van der Waals surface area contributed by atoms with E-state index in [0.717, 1.165) is 29.6 Å². The smallest absolute Gasteiger partial charge is 0.148 e. The summed E-state index contributed by atoms with van der Waals surface area (Å²) >= 11 is 9.34. The van der Waals surface area contributed by atoms with Gasteiger partial charge >= 0.3 is 0 Å². The van der Waals surface area contributed by atoms with Crippen LogP contribution in [-0.4, -0.2) is 15.5 Å². The van der Waals surface area contributed by atoms with Crippen LogP contribution < -0.4 is 5.32 Å². The maximum absolute atomic E-state index is 5.93. The molecule has 1 N–H and O–H groups in total. The van der Waals surface area contributed by atoms with Crippen LogP contribution in [0.5, 0.6) is 0 Å². The van der Waals surface area contributed by atoms with Crippen molar-refractivity contribution in [3.63, 3.8) is 0 Å². The fourth-order valence-electron chi connectivity index (χ4n) is 1.70. The molecule has 16 heavy (non-hydrogen) atoms. The number of hydrogen-bond acceptors (Lipinski definition) is 3. The molecule has 0 bridgehead atoms. The molecule has 0 saturated heterocycles. The Bertz CT molecular complexity index is 345. The second-order valence-electron chi connectivity index (χ2n) is 3.79. The number of nitrogens with zero attached hydrogens (tertiary/aromatic N) is 2. The molecular formula is C11H17BrClN3. The second-order valence-corrected chi connectivity index (χ2v) is 4.94. The minimum Gasteiger partial charge on any atom is -0.364 e. The average molecular weight is 307 g/mol. The number of nitrogens with one attached hydrogen (secondary N) is 1. The zero-order chi connectivity index (χ0) is 12.2. The lowest BCUT2D eigenvalue weighted by Crippen LogP contribution is -2.36. The predicted molar refractivity (Wildman–Crippen MR) is 72.0 cm³/mol. The normalized spacial score (nSPS) is 11.6. The quantitative estimate of drug-likeness (QED) is 0.825. The summed E-state index contributed by atoms with van der Waals surface area (Å²) in [4.78, 5) is 8.13. The van der Waals surface area contributed by atoms with Gasteiger partial charge in [0.1, 0.15) is 17.3 Å². The lowest BCUT2D eigenvalue weighted by atomic mass is 9.90. The topological polar surface area (TPSA) is 37.8 Å². The summed E-state index contributed by atoms with van der Waals surface area (Å²) in [6, 6.07) is 0. The standard InChI is InChI=1S/C11H17BrClN3/c1-4-11(5-2,6-3)16-10-8(12)9(13)14-7-15-10/h7H,4-6H2,1-3H3,(H,14,15,16). The third kappa shape index (κ3) is 2.86. The Morgan fingerprint density at radius 1 is 1.25 bits per heavy atom. The number of halogens is 2. The number of aromatic nitrogens is 2. The molecule has 0 amide bonds. The van der Waals surface area contributed by atoms with Gasteiger partial charge in [-0.15, -0.1) is 0 Å². The van der Waals surface area contributed by atoms with Crippen LogP contribution in [0.4, 0.5) is 5.82 Å². The summed E-state index contributed by atoms with van der Waals surface area (Å²) in [5.74, 6) is 0.769. The van der Waals surface area contributed by atoms with Crippen LogP contribution in [0.2, 0.25) is 5.15 Å². The molecule has 0 radical (unpaired) electrons. The summed E-state index contributed by atoms with van der Waals surface area (Å²) in [5.41, 5.74) is 0.0835. The van der Waals surface area contributed by atoms with Gasteiger partial charge in [-0.25, -0.2) is 9.97 Å². The van der Waals surface area contributed by atoms with Crippen LogP contribution in [0.15, 0.2) is 10.8 Å². The Kier molecular flexibility index (Phi) is 4.99. The highest BCUT2D eigenvalue weighted by Crippen LogP contribution is 2.31. The van der Waals surface area contributed by atoms with Crippen molar-refractivity contribution in [3.8, 4) is 0 Å². The Balaban J connectivity index is 2.98.